The summed E-state index contributed by atoms with van der Waals surface area (Å²) in [5.74, 6) is 2.04. The molecule has 3 nitrogen and oxygen atoms in total. The Morgan fingerprint density at radius 3 is 2.65 bits per heavy atom. The van der Waals surface area contributed by atoms with E-state index in [1.807, 2.05) is 0 Å². The zero-order chi connectivity index (χ0) is 14.3. The fourth-order valence-electron chi connectivity index (χ4n) is 4.11. The van der Waals surface area contributed by atoms with E-state index in [4.69, 9.17) is 0 Å². The second kappa shape index (κ2) is 5.45. The highest BCUT2D eigenvalue weighted by Gasteiger charge is 2.53. The molecule has 2 fully saturated rings. The van der Waals surface area contributed by atoms with Crippen molar-refractivity contribution in [2.24, 2.45) is 24.3 Å². The van der Waals surface area contributed by atoms with Crippen molar-refractivity contribution in [1.29, 1.82) is 0 Å². The van der Waals surface area contributed by atoms with Crippen molar-refractivity contribution in [3.05, 3.63) is 15.9 Å². The molecule has 0 aromatic carbocycles. The Balaban J connectivity index is 1.76. The summed E-state index contributed by atoms with van der Waals surface area (Å²) >= 11 is 3.74. The van der Waals surface area contributed by atoms with E-state index in [0.29, 0.717) is 5.41 Å². The molecular weight excluding hydrogens is 314 g/mol. The van der Waals surface area contributed by atoms with Crippen LogP contribution in [0.5, 0.6) is 0 Å². The minimum absolute atomic E-state index is 0.464. The molecule has 112 valence electrons. The molecule has 2 atom stereocenters. The third-order valence-corrected chi connectivity index (χ3v) is 6.22. The lowest BCUT2D eigenvalue weighted by atomic mass is 9.78. The van der Waals surface area contributed by atoms with E-state index in [1.54, 1.807) is 0 Å². The number of halogens is 1. The van der Waals surface area contributed by atoms with Crippen molar-refractivity contribution in [2.75, 3.05) is 13.1 Å². The van der Waals surface area contributed by atoms with Gasteiger partial charge in [-0.05, 0) is 78.8 Å². The second-order valence-electron chi connectivity index (χ2n) is 6.99. The van der Waals surface area contributed by atoms with Crippen molar-refractivity contribution in [3.63, 3.8) is 0 Å². The van der Waals surface area contributed by atoms with Gasteiger partial charge >= 0.3 is 0 Å². The predicted octanol–water partition coefficient (Wildman–Crippen LogP) is 3.45. The zero-order valence-electron chi connectivity index (χ0n) is 12.9. The Bertz CT molecular complexity index is 484. The van der Waals surface area contributed by atoms with Crippen LogP contribution in [0.2, 0.25) is 0 Å². The molecular formula is C16H26BrN3. The Hall–Kier alpha value is -0.350. The van der Waals surface area contributed by atoms with Crippen LogP contribution in [0.1, 0.15) is 44.0 Å². The molecule has 20 heavy (non-hydrogen) atoms. The number of aryl methyl sites for hydroxylation is 2. The van der Waals surface area contributed by atoms with Gasteiger partial charge in [-0.2, -0.15) is 5.10 Å². The first-order chi connectivity index (χ1) is 9.54. The SMILES string of the molecule is CCCNCC1(Cc2c(Br)c(C)nn2C)CC2CC2C1. The molecule has 0 radical (unpaired) electrons. The van der Waals surface area contributed by atoms with Crippen LogP contribution >= 0.6 is 15.9 Å². The van der Waals surface area contributed by atoms with Crippen LogP contribution in [0.25, 0.3) is 0 Å². The molecule has 3 rings (SSSR count). The molecule has 0 amide bonds. The van der Waals surface area contributed by atoms with E-state index in [2.05, 4.69) is 51.9 Å². The third kappa shape index (κ3) is 2.69. The highest BCUT2D eigenvalue weighted by molar-refractivity contribution is 9.10. The minimum atomic E-state index is 0.464. The topological polar surface area (TPSA) is 29.9 Å². The predicted molar refractivity (Wildman–Crippen MR) is 85.8 cm³/mol. The fourth-order valence-corrected chi connectivity index (χ4v) is 4.59. The second-order valence-corrected chi connectivity index (χ2v) is 7.78. The molecule has 1 aromatic rings. The van der Waals surface area contributed by atoms with Crippen LogP contribution in [0.3, 0.4) is 0 Å². The van der Waals surface area contributed by atoms with Gasteiger partial charge in [-0.25, -0.2) is 0 Å². The van der Waals surface area contributed by atoms with E-state index in [9.17, 15) is 0 Å². The maximum atomic E-state index is 4.56. The van der Waals surface area contributed by atoms with Gasteiger partial charge in [0.25, 0.3) is 0 Å². The summed E-state index contributed by atoms with van der Waals surface area (Å²) in [7, 11) is 2.08. The van der Waals surface area contributed by atoms with Crippen LogP contribution in [0, 0.1) is 24.2 Å². The lowest BCUT2D eigenvalue weighted by molar-refractivity contribution is 0.243. The van der Waals surface area contributed by atoms with Crippen LogP contribution in [0.4, 0.5) is 0 Å². The maximum absolute atomic E-state index is 4.56. The van der Waals surface area contributed by atoms with Crippen LogP contribution in [-0.2, 0) is 13.5 Å². The molecule has 2 aliphatic carbocycles. The van der Waals surface area contributed by atoms with Crippen LogP contribution < -0.4 is 5.32 Å². The van der Waals surface area contributed by atoms with Gasteiger partial charge in [-0.15, -0.1) is 0 Å². The van der Waals surface area contributed by atoms with E-state index in [-0.39, 0.29) is 0 Å². The molecule has 0 bridgehead atoms. The average Bonchev–Trinajstić information content (AvgIpc) is 2.96. The number of fused-ring (bicyclic) bond motifs is 1. The first-order valence-electron chi connectivity index (χ1n) is 7.93. The number of aromatic nitrogens is 2. The Labute approximate surface area is 130 Å². The highest BCUT2D eigenvalue weighted by Crippen LogP contribution is 2.60. The summed E-state index contributed by atoms with van der Waals surface area (Å²) in [4.78, 5) is 0. The lowest BCUT2D eigenvalue weighted by Gasteiger charge is -2.31. The van der Waals surface area contributed by atoms with Crippen molar-refractivity contribution in [3.8, 4) is 0 Å². The van der Waals surface area contributed by atoms with Crippen molar-refractivity contribution in [1.82, 2.24) is 15.1 Å². The van der Waals surface area contributed by atoms with Gasteiger partial charge in [0.15, 0.2) is 0 Å². The lowest BCUT2D eigenvalue weighted by Crippen LogP contribution is -2.36. The molecule has 1 heterocycles. The number of hydrogen-bond donors (Lipinski definition) is 1. The molecule has 1 aromatic heterocycles. The van der Waals surface area contributed by atoms with E-state index >= 15 is 0 Å². The quantitative estimate of drug-likeness (QED) is 0.804. The Morgan fingerprint density at radius 2 is 2.10 bits per heavy atom. The largest absolute Gasteiger partial charge is 0.316 e. The Morgan fingerprint density at radius 1 is 1.40 bits per heavy atom. The summed E-state index contributed by atoms with van der Waals surface area (Å²) < 4.78 is 3.29. The monoisotopic (exact) mass is 339 g/mol. The summed E-state index contributed by atoms with van der Waals surface area (Å²) in [5.41, 5.74) is 2.95. The van der Waals surface area contributed by atoms with Gasteiger partial charge in [-0.1, -0.05) is 6.92 Å². The molecule has 0 saturated heterocycles. The molecule has 2 aliphatic rings. The van der Waals surface area contributed by atoms with Crippen molar-refractivity contribution >= 4 is 15.9 Å². The van der Waals surface area contributed by atoms with Gasteiger partial charge in [0.1, 0.15) is 0 Å². The minimum Gasteiger partial charge on any atom is -0.316 e. The molecule has 1 N–H and O–H groups in total. The normalized spacial score (nSPS) is 31.6. The van der Waals surface area contributed by atoms with Gasteiger partial charge < -0.3 is 5.32 Å². The van der Waals surface area contributed by atoms with Crippen molar-refractivity contribution < 1.29 is 0 Å². The number of nitrogens with zero attached hydrogens (tertiary/aromatic N) is 2. The number of nitrogens with one attached hydrogen (secondary N) is 1. The van der Waals surface area contributed by atoms with Crippen molar-refractivity contribution in [2.45, 2.75) is 46.0 Å². The van der Waals surface area contributed by atoms with E-state index in [1.165, 1.54) is 42.4 Å². The van der Waals surface area contributed by atoms with Gasteiger partial charge in [0, 0.05) is 13.6 Å². The summed E-state index contributed by atoms with van der Waals surface area (Å²) in [6.45, 7) is 6.64. The molecule has 2 saturated carbocycles. The third-order valence-electron chi connectivity index (χ3n) is 5.19. The first-order valence-corrected chi connectivity index (χ1v) is 8.72. The van der Waals surface area contributed by atoms with Crippen LogP contribution in [-0.4, -0.2) is 22.9 Å². The molecule has 2 unspecified atom stereocenters. The standard InChI is InChI=1S/C16H26BrN3/c1-4-5-18-10-16(7-12-6-13(12)8-16)9-14-15(17)11(2)19-20(14)3/h12-13,18H,4-10H2,1-3H3. The van der Waals surface area contributed by atoms with Crippen LogP contribution in [0.15, 0.2) is 4.47 Å². The maximum Gasteiger partial charge on any atom is 0.0738 e. The number of hydrogen-bond acceptors (Lipinski definition) is 2. The van der Waals surface area contributed by atoms with Gasteiger partial charge in [0.2, 0.25) is 0 Å². The smallest absolute Gasteiger partial charge is 0.0738 e. The average molecular weight is 340 g/mol. The molecule has 4 heteroatoms. The zero-order valence-corrected chi connectivity index (χ0v) is 14.5. The Kier molecular flexibility index (Phi) is 3.97. The molecule has 0 aliphatic heterocycles. The van der Waals surface area contributed by atoms with Gasteiger partial charge in [-0.3, -0.25) is 4.68 Å². The van der Waals surface area contributed by atoms with E-state index < -0.39 is 0 Å². The number of rotatable bonds is 6. The highest BCUT2D eigenvalue weighted by atomic mass is 79.9. The molecule has 0 spiro atoms. The summed E-state index contributed by atoms with van der Waals surface area (Å²) in [6, 6.07) is 0. The summed E-state index contributed by atoms with van der Waals surface area (Å²) in [6.07, 6.45) is 6.68. The summed E-state index contributed by atoms with van der Waals surface area (Å²) in [5, 5.41) is 8.24. The fraction of sp³-hybridized carbons (Fsp3) is 0.812. The first kappa shape index (κ1) is 14.6. The van der Waals surface area contributed by atoms with Gasteiger partial charge in [0.05, 0.1) is 15.9 Å². The van der Waals surface area contributed by atoms with E-state index in [0.717, 1.165) is 30.5 Å².